The van der Waals surface area contributed by atoms with Gasteiger partial charge in [-0.2, -0.15) is 0 Å². The Balaban J connectivity index is 1.72. The van der Waals surface area contributed by atoms with Gasteiger partial charge in [0.2, 0.25) is 0 Å². The molecule has 7 nitrogen and oxygen atoms in total. The van der Waals surface area contributed by atoms with E-state index < -0.39 is 29.2 Å². The van der Waals surface area contributed by atoms with Crippen molar-refractivity contribution in [3.05, 3.63) is 63.0 Å². The van der Waals surface area contributed by atoms with Crippen molar-refractivity contribution in [3.8, 4) is 5.75 Å². The second-order valence-corrected chi connectivity index (χ2v) is 9.12. The minimum atomic E-state index is -1.11. The third-order valence-electron chi connectivity index (χ3n) is 6.40. The predicted octanol–water partition coefficient (Wildman–Crippen LogP) is 4.87. The molecule has 1 aliphatic heterocycles. The first-order chi connectivity index (χ1) is 16.1. The van der Waals surface area contributed by atoms with E-state index >= 15 is 4.39 Å². The SMILES string of the molecule is COc1cc2c(cc(C(=O)NC3(c4ccc(C(C)C(=O)O)cc4F)CCOC3)n2C)c(Cl)c1Cl. The Morgan fingerprint density at radius 2 is 2.00 bits per heavy atom. The fourth-order valence-corrected chi connectivity index (χ4v) is 4.78. The molecule has 2 aromatic carbocycles. The highest BCUT2D eigenvalue weighted by atomic mass is 35.5. The maximum absolute atomic E-state index is 15.2. The monoisotopic (exact) mass is 508 g/mol. The number of nitrogens with zero attached hydrogens (tertiary/aromatic N) is 1. The summed E-state index contributed by atoms with van der Waals surface area (Å²) in [6.45, 7) is 1.90. The number of aliphatic carboxylic acids is 1. The highest BCUT2D eigenvalue weighted by Crippen LogP contribution is 2.40. The zero-order valence-corrected chi connectivity index (χ0v) is 20.3. The highest BCUT2D eigenvalue weighted by Gasteiger charge is 2.41. The molecule has 4 rings (SSSR count). The van der Waals surface area contributed by atoms with Gasteiger partial charge >= 0.3 is 5.97 Å². The smallest absolute Gasteiger partial charge is 0.310 e. The molecule has 1 saturated heterocycles. The molecule has 0 radical (unpaired) electrons. The van der Waals surface area contributed by atoms with E-state index in [1.54, 1.807) is 29.8 Å². The summed E-state index contributed by atoms with van der Waals surface area (Å²) in [5.74, 6) is -2.58. The van der Waals surface area contributed by atoms with Crippen LogP contribution in [0.2, 0.25) is 10.0 Å². The first-order valence-electron chi connectivity index (χ1n) is 10.5. The molecule has 2 atom stereocenters. The number of hydrogen-bond acceptors (Lipinski definition) is 4. The Bertz CT molecular complexity index is 1300. The molecule has 2 unspecified atom stereocenters. The lowest BCUT2D eigenvalue weighted by Crippen LogP contribution is -2.47. The van der Waals surface area contributed by atoms with Crippen molar-refractivity contribution in [1.29, 1.82) is 0 Å². The summed E-state index contributed by atoms with van der Waals surface area (Å²) in [7, 11) is 3.18. The maximum atomic E-state index is 15.2. The van der Waals surface area contributed by atoms with Crippen molar-refractivity contribution in [2.45, 2.75) is 24.8 Å². The van der Waals surface area contributed by atoms with Gasteiger partial charge in [-0.15, -0.1) is 0 Å². The van der Waals surface area contributed by atoms with Gasteiger partial charge in [-0.1, -0.05) is 35.3 Å². The second-order valence-electron chi connectivity index (χ2n) is 8.37. The number of carboxylic acid groups (broad SMARTS) is 1. The fourth-order valence-electron chi connectivity index (χ4n) is 4.30. The number of methoxy groups -OCH3 is 1. The van der Waals surface area contributed by atoms with E-state index in [2.05, 4.69) is 5.32 Å². The van der Waals surface area contributed by atoms with Gasteiger partial charge in [-0.05, 0) is 24.6 Å². The second kappa shape index (κ2) is 9.09. The topological polar surface area (TPSA) is 89.8 Å². The van der Waals surface area contributed by atoms with E-state index in [4.69, 9.17) is 32.7 Å². The van der Waals surface area contributed by atoms with Gasteiger partial charge in [-0.25, -0.2) is 4.39 Å². The minimum absolute atomic E-state index is 0.0772. The number of carbonyl (C=O) groups excluding carboxylic acids is 1. The number of aryl methyl sites for hydroxylation is 1. The molecule has 1 aliphatic rings. The standard InChI is InChI=1S/C24H23Cl2FN2O5/c1-12(23(31)32)13-4-5-15(16(27)8-13)24(6-7-34-11-24)28-22(30)18-9-14-17(29(18)2)10-19(33-3)21(26)20(14)25/h4-5,8-10,12H,6-7,11H2,1-3H3,(H,28,30)(H,31,32). The van der Waals surface area contributed by atoms with E-state index in [0.717, 1.165) is 0 Å². The number of fused-ring (bicyclic) bond motifs is 1. The molecule has 180 valence electrons. The van der Waals surface area contributed by atoms with Gasteiger partial charge in [-0.3, -0.25) is 9.59 Å². The number of ether oxygens (including phenoxy) is 2. The van der Waals surface area contributed by atoms with E-state index in [1.165, 1.54) is 26.2 Å². The van der Waals surface area contributed by atoms with Crippen LogP contribution in [0.25, 0.3) is 10.9 Å². The maximum Gasteiger partial charge on any atom is 0.310 e. The zero-order chi connectivity index (χ0) is 24.8. The lowest BCUT2D eigenvalue weighted by molar-refractivity contribution is -0.138. The van der Waals surface area contributed by atoms with Gasteiger partial charge in [0.25, 0.3) is 5.91 Å². The molecule has 2 heterocycles. The van der Waals surface area contributed by atoms with Crippen LogP contribution in [0, 0.1) is 5.82 Å². The van der Waals surface area contributed by atoms with Crippen molar-refractivity contribution in [3.63, 3.8) is 0 Å². The summed E-state index contributed by atoms with van der Waals surface area (Å²) in [5.41, 5.74) is 0.404. The van der Waals surface area contributed by atoms with Crippen LogP contribution >= 0.6 is 23.2 Å². The normalized spacial score (nSPS) is 18.8. The summed E-state index contributed by atoms with van der Waals surface area (Å²) in [5, 5.41) is 13.3. The molecule has 34 heavy (non-hydrogen) atoms. The summed E-state index contributed by atoms with van der Waals surface area (Å²) in [6.07, 6.45) is 0.355. The van der Waals surface area contributed by atoms with Crippen molar-refractivity contribution in [2.75, 3.05) is 20.3 Å². The number of hydrogen-bond donors (Lipinski definition) is 2. The number of benzene rings is 2. The van der Waals surface area contributed by atoms with Gasteiger partial charge < -0.3 is 24.5 Å². The number of carbonyl (C=O) groups is 2. The van der Waals surface area contributed by atoms with Crippen molar-refractivity contribution < 1.29 is 28.6 Å². The molecule has 0 saturated carbocycles. The molecule has 1 aromatic heterocycles. The summed E-state index contributed by atoms with van der Waals surface area (Å²) in [6, 6.07) is 7.59. The van der Waals surface area contributed by atoms with Crippen LogP contribution in [0.1, 0.15) is 40.9 Å². The first-order valence-corrected chi connectivity index (χ1v) is 11.3. The third-order valence-corrected chi connectivity index (χ3v) is 7.26. The van der Waals surface area contributed by atoms with E-state index in [1.807, 2.05) is 0 Å². The Morgan fingerprint density at radius 3 is 2.59 bits per heavy atom. The van der Waals surface area contributed by atoms with E-state index in [0.29, 0.717) is 40.9 Å². The predicted molar refractivity (Wildman–Crippen MR) is 127 cm³/mol. The average molecular weight is 509 g/mol. The summed E-state index contributed by atoms with van der Waals surface area (Å²) in [4.78, 5) is 24.7. The van der Waals surface area contributed by atoms with Crippen LogP contribution < -0.4 is 10.1 Å². The van der Waals surface area contributed by atoms with Crippen molar-refractivity contribution in [1.82, 2.24) is 9.88 Å². The number of amides is 1. The molecule has 10 heteroatoms. The van der Waals surface area contributed by atoms with Crippen LogP contribution in [0.4, 0.5) is 4.39 Å². The van der Waals surface area contributed by atoms with Gasteiger partial charge in [0.15, 0.2) is 0 Å². The largest absolute Gasteiger partial charge is 0.495 e. The number of rotatable bonds is 6. The van der Waals surface area contributed by atoms with Crippen LogP contribution in [-0.4, -0.2) is 41.9 Å². The quantitative estimate of drug-likeness (QED) is 0.495. The molecular weight excluding hydrogens is 486 g/mol. The fraction of sp³-hybridized carbons (Fsp3) is 0.333. The van der Waals surface area contributed by atoms with Crippen molar-refractivity contribution >= 4 is 46.0 Å². The van der Waals surface area contributed by atoms with E-state index in [-0.39, 0.29) is 22.2 Å². The molecule has 1 amide bonds. The first kappa shape index (κ1) is 24.3. The number of halogens is 3. The van der Waals surface area contributed by atoms with Crippen LogP contribution in [0.3, 0.4) is 0 Å². The molecule has 0 aliphatic carbocycles. The van der Waals surface area contributed by atoms with Crippen molar-refractivity contribution in [2.24, 2.45) is 7.05 Å². The van der Waals surface area contributed by atoms with Crippen LogP contribution in [-0.2, 0) is 22.1 Å². The Kier molecular flexibility index (Phi) is 6.50. The molecule has 1 fully saturated rings. The lowest BCUT2D eigenvalue weighted by atomic mass is 9.86. The minimum Gasteiger partial charge on any atom is -0.495 e. The summed E-state index contributed by atoms with van der Waals surface area (Å²) >= 11 is 12.7. The molecule has 0 bridgehead atoms. The van der Waals surface area contributed by atoms with E-state index in [9.17, 15) is 14.7 Å². The molecule has 0 spiro atoms. The lowest BCUT2D eigenvalue weighted by Gasteiger charge is -2.30. The highest BCUT2D eigenvalue weighted by molar-refractivity contribution is 6.46. The molecule has 3 aromatic rings. The van der Waals surface area contributed by atoms with Gasteiger partial charge in [0, 0.05) is 37.1 Å². The van der Waals surface area contributed by atoms with Gasteiger partial charge in [0.1, 0.15) is 22.3 Å². The summed E-state index contributed by atoms with van der Waals surface area (Å²) < 4.78 is 27.7. The zero-order valence-electron chi connectivity index (χ0n) is 18.7. The Morgan fingerprint density at radius 1 is 1.26 bits per heavy atom. The number of aromatic nitrogens is 1. The third kappa shape index (κ3) is 4.00. The number of carboxylic acids is 1. The average Bonchev–Trinajstić information content (AvgIpc) is 3.40. The Hall–Kier alpha value is -2.81. The van der Waals surface area contributed by atoms with Crippen LogP contribution in [0.5, 0.6) is 5.75 Å². The molecular formula is C24H23Cl2FN2O5. The van der Waals surface area contributed by atoms with Gasteiger partial charge in [0.05, 0.1) is 35.7 Å². The Labute approximate surface area is 205 Å². The van der Waals surface area contributed by atoms with Crippen LogP contribution in [0.15, 0.2) is 30.3 Å². The molecule has 2 N–H and O–H groups in total. The number of nitrogens with one attached hydrogen (secondary N) is 1.